The first kappa shape index (κ1) is 31.3. The minimum Gasteiger partial charge on any atom is -0.379 e. The van der Waals surface area contributed by atoms with Crippen molar-refractivity contribution >= 4 is 16.5 Å². The van der Waals surface area contributed by atoms with E-state index in [0.29, 0.717) is 6.04 Å². The molecule has 0 aliphatic carbocycles. The number of aromatic amines is 1. The number of nitrogens with one attached hydrogen (secondary N) is 2. The summed E-state index contributed by atoms with van der Waals surface area (Å²) < 4.78 is 0. The van der Waals surface area contributed by atoms with E-state index in [1.807, 2.05) is 13.8 Å². The lowest BCUT2D eigenvalue weighted by molar-refractivity contribution is 0.231. The first-order valence-electron chi connectivity index (χ1n) is 15.1. The summed E-state index contributed by atoms with van der Waals surface area (Å²) in [4.78, 5) is 5.99. The van der Waals surface area contributed by atoms with Gasteiger partial charge in [-0.15, -0.1) is 0 Å². The van der Waals surface area contributed by atoms with Crippen molar-refractivity contribution in [1.29, 1.82) is 0 Å². The normalized spacial score (nSPS) is 13.7. The highest BCUT2D eigenvalue weighted by Gasteiger charge is 2.27. The minimum atomic E-state index is -0.533. The number of benzene rings is 2. The summed E-state index contributed by atoms with van der Waals surface area (Å²) in [6.07, 6.45) is 12.2. The number of allylic oxidation sites excluding steroid dienone is 1. The fourth-order valence-corrected chi connectivity index (χ4v) is 5.34. The van der Waals surface area contributed by atoms with E-state index in [4.69, 9.17) is 12.3 Å². The van der Waals surface area contributed by atoms with E-state index in [0.717, 1.165) is 43.6 Å². The highest BCUT2D eigenvalue weighted by molar-refractivity contribution is 5.83. The Hall–Kier alpha value is -3.24. The van der Waals surface area contributed by atoms with Gasteiger partial charge in [-0.25, -0.2) is 0 Å². The topological polar surface area (TPSA) is 57.1 Å². The maximum absolute atomic E-state index is 6.48. The molecular weight excluding hydrogens is 488 g/mol. The van der Waals surface area contributed by atoms with E-state index in [-0.39, 0.29) is 6.04 Å². The maximum Gasteiger partial charge on any atom is 0.0693 e. The van der Waals surface area contributed by atoms with Crippen LogP contribution in [0, 0.1) is 0 Å². The largest absolute Gasteiger partial charge is 0.379 e. The van der Waals surface area contributed by atoms with Crippen molar-refractivity contribution in [3.63, 3.8) is 0 Å². The fraction of sp³-hybridized carbons (Fsp3) is 0.444. The number of rotatable bonds is 17. The van der Waals surface area contributed by atoms with Gasteiger partial charge in [0.1, 0.15) is 0 Å². The van der Waals surface area contributed by atoms with Crippen LogP contribution in [0.1, 0.15) is 84.3 Å². The molecule has 0 radical (unpaired) electrons. The second-order valence-electron chi connectivity index (χ2n) is 11.8. The van der Waals surface area contributed by atoms with Gasteiger partial charge >= 0.3 is 0 Å². The number of aryl methyl sites for hydroxylation is 1. The Morgan fingerprint density at radius 2 is 1.75 bits per heavy atom. The van der Waals surface area contributed by atoms with E-state index >= 15 is 0 Å². The molecule has 2 aromatic carbocycles. The van der Waals surface area contributed by atoms with Crippen LogP contribution in [-0.2, 0) is 6.42 Å². The van der Waals surface area contributed by atoms with Gasteiger partial charge in [-0.05, 0) is 76.1 Å². The van der Waals surface area contributed by atoms with Crippen molar-refractivity contribution in [1.82, 2.24) is 15.2 Å². The molecule has 0 bridgehead atoms. The first-order valence-corrected chi connectivity index (χ1v) is 15.1. The SMILES string of the molecule is C=C([C@@H](C/C(=C/C)c1ccccc1)NC(=C)C(C)(C)N)N(CCCCCC)C(C)CCc1c[nH]c2ccccc12. The average Bonchev–Trinajstić information content (AvgIpc) is 3.36. The number of hydrogen-bond acceptors (Lipinski definition) is 3. The van der Waals surface area contributed by atoms with Crippen LogP contribution in [0.3, 0.4) is 0 Å². The Bertz CT molecular complexity index is 1240. The van der Waals surface area contributed by atoms with Crippen LogP contribution in [0.5, 0.6) is 0 Å². The Kier molecular flexibility index (Phi) is 11.7. The third-order valence-corrected chi connectivity index (χ3v) is 8.11. The summed E-state index contributed by atoms with van der Waals surface area (Å²) >= 11 is 0. The predicted octanol–water partition coefficient (Wildman–Crippen LogP) is 8.59. The second-order valence-corrected chi connectivity index (χ2v) is 11.8. The van der Waals surface area contributed by atoms with Crippen molar-refractivity contribution in [2.45, 2.75) is 97.2 Å². The van der Waals surface area contributed by atoms with E-state index in [1.165, 1.54) is 46.9 Å². The zero-order chi connectivity index (χ0) is 29.1. The number of aromatic nitrogens is 1. The van der Waals surface area contributed by atoms with E-state index in [9.17, 15) is 0 Å². The number of unbranched alkanes of at least 4 members (excludes halogenated alkanes) is 3. The van der Waals surface area contributed by atoms with Crippen LogP contribution in [-0.4, -0.2) is 34.1 Å². The van der Waals surface area contributed by atoms with Gasteiger partial charge in [0.15, 0.2) is 0 Å². The zero-order valence-electron chi connectivity index (χ0n) is 25.6. The number of nitrogens with two attached hydrogens (primary N) is 1. The molecule has 4 nitrogen and oxygen atoms in total. The third kappa shape index (κ3) is 8.63. The lowest BCUT2D eigenvalue weighted by Crippen LogP contribution is -2.48. The monoisotopic (exact) mass is 540 g/mol. The van der Waals surface area contributed by atoms with Crippen molar-refractivity contribution in [2.75, 3.05) is 6.54 Å². The second kappa shape index (κ2) is 14.9. The molecule has 4 N–H and O–H groups in total. The smallest absolute Gasteiger partial charge is 0.0693 e. The van der Waals surface area contributed by atoms with Crippen molar-refractivity contribution in [3.05, 3.63) is 103 Å². The molecule has 216 valence electrons. The number of para-hydroxylation sites is 1. The standard InChI is InChI=1S/C36H52N4/c1-8-10-11-17-24-40(27(3)22-23-32-26-38-34-21-16-15-20-33(32)34)28(4)35(39-29(5)36(6,7)37)25-30(9-2)31-18-13-12-14-19-31/h9,12-16,18-21,26-27,35,38-39H,4-5,8,10-11,17,22-25,37H2,1-3,6-7H3/b30-9-/t27?,35-/m1/s1. The number of hydrogen-bond donors (Lipinski definition) is 3. The van der Waals surface area contributed by atoms with Crippen LogP contribution in [0.4, 0.5) is 0 Å². The van der Waals surface area contributed by atoms with Crippen molar-refractivity contribution < 1.29 is 0 Å². The molecule has 2 atom stereocenters. The van der Waals surface area contributed by atoms with Crippen LogP contribution in [0.15, 0.2) is 91.4 Å². The minimum absolute atomic E-state index is 0.0107. The molecule has 1 heterocycles. The van der Waals surface area contributed by atoms with Gasteiger partial charge in [0.05, 0.1) is 6.04 Å². The molecule has 0 fully saturated rings. The molecule has 0 aliphatic heterocycles. The molecule has 4 heteroatoms. The van der Waals surface area contributed by atoms with Crippen LogP contribution >= 0.6 is 0 Å². The van der Waals surface area contributed by atoms with Crippen molar-refractivity contribution in [2.24, 2.45) is 5.73 Å². The van der Waals surface area contributed by atoms with Gasteiger partial charge in [-0.2, -0.15) is 0 Å². The summed E-state index contributed by atoms with van der Waals surface area (Å²) in [6, 6.07) is 19.6. The Morgan fingerprint density at radius 3 is 2.42 bits per heavy atom. The number of fused-ring (bicyclic) bond motifs is 1. The van der Waals surface area contributed by atoms with Gasteiger partial charge in [-0.1, -0.05) is 94.0 Å². The van der Waals surface area contributed by atoms with Gasteiger partial charge in [0.25, 0.3) is 0 Å². The first-order chi connectivity index (χ1) is 19.2. The van der Waals surface area contributed by atoms with Gasteiger partial charge in [0.2, 0.25) is 0 Å². The average molecular weight is 541 g/mol. The Labute approximate surface area is 243 Å². The highest BCUT2D eigenvalue weighted by atomic mass is 15.2. The molecule has 3 aromatic rings. The molecule has 1 unspecified atom stereocenters. The van der Waals surface area contributed by atoms with E-state index < -0.39 is 5.54 Å². The number of nitrogens with zero attached hydrogens (tertiary/aromatic N) is 1. The molecule has 0 saturated carbocycles. The lowest BCUT2D eigenvalue weighted by Gasteiger charge is -2.39. The highest BCUT2D eigenvalue weighted by Crippen LogP contribution is 2.28. The third-order valence-electron chi connectivity index (χ3n) is 8.11. The fourth-order valence-electron chi connectivity index (χ4n) is 5.34. The summed E-state index contributed by atoms with van der Waals surface area (Å²) in [7, 11) is 0. The van der Waals surface area contributed by atoms with Crippen LogP contribution in [0.25, 0.3) is 16.5 Å². The molecular formula is C36H52N4. The molecule has 0 saturated heterocycles. The summed E-state index contributed by atoms with van der Waals surface area (Å²) in [5, 5.41) is 5.04. The van der Waals surface area contributed by atoms with E-state index in [2.05, 4.69) is 109 Å². The van der Waals surface area contributed by atoms with Gasteiger partial charge < -0.3 is 20.9 Å². The summed E-state index contributed by atoms with van der Waals surface area (Å²) in [5.74, 6) is 0. The molecule has 0 aliphatic rings. The lowest BCUT2D eigenvalue weighted by atomic mass is 9.93. The molecule has 3 rings (SSSR count). The van der Waals surface area contributed by atoms with Crippen LogP contribution in [0.2, 0.25) is 0 Å². The zero-order valence-corrected chi connectivity index (χ0v) is 25.6. The van der Waals surface area contributed by atoms with Crippen molar-refractivity contribution in [3.8, 4) is 0 Å². The predicted molar refractivity (Wildman–Crippen MR) is 175 cm³/mol. The quantitative estimate of drug-likeness (QED) is 0.150. The number of H-pyrrole nitrogens is 1. The van der Waals surface area contributed by atoms with Crippen LogP contribution < -0.4 is 11.1 Å². The maximum atomic E-state index is 6.48. The van der Waals surface area contributed by atoms with Gasteiger partial charge in [0, 0.05) is 46.6 Å². The molecule has 0 spiro atoms. The molecule has 0 amide bonds. The summed E-state index contributed by atoms with van der Waals surface area (Å²) in [5.41, 5.74) is 13.0. The van der Waals surface area contributed by atoms with E-state index in [1.54, 1.807) is 0 Å². The van der Waals surface area contributed by atoms with Gasteiger partial charge in [-0.3, -0.25) is 0 Å². The molecule has 40 heavy (non-hydrogen) atoms. The Morgan fingerprint density at radius 1 is 1.05 bits per heavy atom. The summed E-state index contributed by atoms with van der Waals surface area (Å²) in [6.45, 7) is 20.8. The Balaban J connectivity index is 1.85. The molecule has 1 aromatic heterocycles.